The Labute approximate surface area is 138 Å². The summed E-state index contributed by atoms with van der Waals surface area (Å²) in [4.78, 5) is 26.6. The van der Waals surface area contributed by atoms with Crippen LogP contribution in [0, 0.1) is 5.82 Å². The van der Waals surface area contributed by atoms with Gasteiger partial charge in [-0.15, -0.1) is 0 Å². The van der Waals surface area contributed by atoms with Crippen molar-refractivity contribution in [3.63, 3.8) is 0 Å². The minimum atomic E-state index is -0.296. The highest BCUT2D eigenvalue weighted by atomic mass is 19.1. The van der Waals surface area contributed by atoms with Crippen LogP contribution in [0.25, 0.3) is 11.0 Å². The summed E-state index contributed by atoms with van der Waals surface area (Å²) in [6.07, 6.45) is 0.565. The molecule has 5 nitrogen and oxygen atoms in total. The Morgan fingerprint density at radius 1 is 1.12 bits per heavy atom. The number of halogens is 1. The number of hydrogen-bond donors (Lipinski definition) is 2. The van der Waals surface area contributed by atoms with Crippen molar-refractivity contribution < 1.29 is 9.18 Å². The van der Waals surface area contributed by atoms with E-state index in [1.165, 1.54) is 6.07 Å². The molecule has 0 unspecified atom stereocenters. The highest BCUT2D eigenvalue weighted by Gasteiger charge is 2.08. The van der Waals surface area contributed by atoms with Crippen LogP contribution in [0.3, 0.4) is 0 Å². The first-order chi connectivity index (χ1) is 11.6. The first-order valence-electron chi connectivity index (χ1n) is 7.83. The molecule has 0 aliphatic rings. The number of fused-ring (bicyclic) bond motifs is 1. The third-order valence-corrected chi connectivity index (χ3v) is 3.92. The van der Waals surface area contributed by atoms with Crippen LogP contribution in [-0.2, 0) is 17.8 Å². The van der Waals surface area contributed by atoms with Gasteiger partial charge in [-0.25, -0.2) is 9.18 Å². The van der Waals surface area contributed by atoms with E-state index in [2.05, 4.69) is 10.3 Å². The number of aromatic amines is 1. The first kappa shape index (κ1) is 16.0. The van der Waals surface area contributed by atoms with Crippen molar-refractivity contribution in [1.82, 2.24) is 14.9 Å². The summed E-state index contributed by atoms with van der Waals surface area (Å²) in [5, 5.41) is 2.77. The molecule has 124 valence electrons. The van der Waals surface area contributed by atoms with E-state index in [0.29, 0.717) is 25.1 Å². The Morgan fingerprint density at radius 2 is 1.88 bits per heavy atom. The van der Waals surface area contributed by atoms with Crippen LogP contribution < -0.4 is 11.0 Å². The number of nitrogens with one attached hydrogen (secondary N) is 2. The molecule has 0 atom stereocenters. The third-order valence-electron chi connectivity index (χ3n) is 3.92. The van der Waals surface area contributed by atoms with Crippen LogP contribution in [0.4, 0.5) is 4.39 Å². The fourth-order valence-corrected chi connectivity index (χ4v) is 2.67. The molecule has 0 bridgehead atoms. The highest BCUT2D eigenvalue weighted by molar-refractivity contribution is 5.76. The Balaban J connectivity index is 1.52. The first-order valence-corrected chi connectivity index (χ1v) is 7.83. The second kappa shape index (κ2) is 7.12. The average molecular weight is 327 g/mol. The molecule has 3 aromatic rings. The standard InChI is InChI=1S/C18H18FN3O2/c19-14-6-2-1-5-13(14)9-10-17(23)20-11-12-22-16-8-4-3-7-15(16)21-18(22)24/h1-8H,9-12H2,(H,20,23)(H,21,24). The van der Waals surface area contributed by atoms with Crippen molar-refractivity contribution in [3.8, 4) is 0 Å². The van der Waals surface area contributed by atoms with Gasteiger partial charge in [0.1, 0.15) is 5.82 Å². The van der Waals surface area contributed by atoms with Crippen molar-refractivity contribution in [2.24, 2.45) is 0 Å². The van der Waals surface area contributed by atoms with Crippen molar-refractivity contribution in [1.29, 1.82) is 0 Å². The Bertz CT molecular complexity index is 914. The van der Waals surface area contributed by atoms with E-state index >= 15 is 0 Å². The number of aryl methyl sites for hydroxylation is 1. The van der Waals surface area contributed by atoms with Crippen LogP contribution in [0.5, 0.6) is 0 Å². The molecule has 1 heterocycles. The minimum Gasteiger partial charge on any atom is -0.354 e. The molecule has 0 aliphatic heterocycles. The molecule has 0 aliphatic carbocycles. The number of rotatable bonds is 6. The van der Waals surface area contributed by atoms with Crippen LogP contribution in [0.1, 0.15) is 12.0 Å². The van der Waals surface area contributed by atoms with Gasteiger partial charge in [-0.05, 0) is 30.2 Å². The molecule has 0 radical (unpaired) electrons. The number of H-pyrrole nitrogens is 1. The lowest BCUT2D eigenvalue weighted by molar-refractivity contribution is -0.121. The van der Waals surface area contributed by atoms with E-state index in [9.17, 15) is 14.0 Å². The molecule has 0 saturated heterocycles. The molecule has 3 rings (SSSR count). The Kier molecular flexibility index (Phi) is 4.74. The number of carbonyl (C=O) groups excluding carboxylic acids is 1. The topological polar surface area (TPSA) is 66.9 Å². The largest absolute Gasteiger partial charge is 0.354 e. The van der Waals surface area contributed by atoms with Crippen molar-refractivity contribution in [2.45, 2.75) is 19.4 Å². The highest BCUT2D eigenvalue weighted by Crippen LogP contribution is 2.09. The molecule has 0 spiro atoms. The van der Waals surface area contributed by atoms with Gasteiger partial charge in [-0.1, -0.05) is 30.3 Å². The normalized spacial score (nSPS) is 10.9. The maximum Gasteiger partial charge on any atom is 0.326 e. The van der Waals surface area contributed by atoms with Gasteiger partial charge in [0.15, 0.2) is 0 Å². The fraction of sp³-hybridized carbons (Fsp3) is 0.222. The zero-order valence-corrected chi connectivity index (χ0v) is 13.1. The summed E-state index contributed by atoms with van der Waals surface area (Å²) >= 11 is 0. The summed E-state index contributed by atoms with van der Waals surface area (Å²) in [7, 11) is 0. The van der Waals surface area contributed by atoms with Crippen LogP contribution in [0.15, 0.2) is 53.3 Å². The monoisotopic (exact) mass is 327 g/mol. The lowest BCUT2D eigenvalue weighted by Crippen LogP contribution is -2.30. The number of hydrogen-bond acceptors (Lipinski definition) is 2. The molecule has 2 aromatic carbocycles. The Hall–Kier alpha value is -2.89. The van der Waals surface area contributed by atoms with E-state index in [1.807, 2.05) is 24.3 Å². The van der Waals surface area contributed by atoms with Crippen LogP contribution >= 0.6 is 0 Å². The number of para-hydroxylation sites is 2. The molecule has 1 amide bonds. The molecule has 0 saturated carbocycles. The van der Waals surface area contributed by atoms with E-state index in [-0.39, 0.29) is 23.8 Å². The van der Waals surface area contributed by atoms with E-state index in [0.717, 1.165) is 11.0 Å². The lowest BCUT2D eigenvalue weighted by Gasteiger charge is -2.07. The van der Waals surface area contributed by atoms with Gasteiger partial charge in [0.25, 0.3) is 0 Å². The fourth-order valence-electron chi connectivity index (χ4n) is 2.67. The summed E-state index contributed by atoms with van der Waals surface area (Å²) < 4.78 is 15.1. The number of imidazole rings is 1. The van der Waals surface area contributed by atoms with Gasteiger partial charge in [-0.3, -0.25) is 9.36 Å². The summed E-state index contributed by atoms with van der Waals surface area (Å²) in [6.45, 7) is 0.728. The summed E-state index contributed by atoms with van der Waals surface area (Å²) in [6, 6.07) is 13.8. The molecular weight excluding hydrogens is 309 g/mol. The Morgan fingerprint density at radius 3 is 2.71 bits per heavy atom. The molecule has 6 heteroatoms. The number of carbonyl (C=O) groups is 1. The minimum absolute atomic E-state index is 0.161. The zero-order chi connectivity index (χ0) is 16.9. The zero-order valence-electron chi connectivity index (χ0n) is 13.1. The van der Waals surface area contributed by atoms with Gasteiger partial charge >= 0.3 is 5.69 Å². The molecule has 24 heavy (non-hydrogen) atoms. The quantitative estimate of drug-likeness (QED) is 0.729. The maximum absolute atomic E-state index is 13.5. The number of amides is 1. The number of nitrogens with zero attached hydrogens (tertiary/aromatic N) is 1. The average Bonchev–Trinajstić information content (AvgIpc) is 2.90. The third kappa shape index (κ3) is 3.53. The van der Waals surface area contributed by atoms with Crippen molar-refractivity contribution >= 4 is 16.9 Å². The summed E-state index contributed by atoms with van der Waals surface area (Å²) in [5.41, 5.74) is 1.91. The van der Waals surface area contributed by atoms with Gasteiger partial charge in [-0.2, -0.15) is 0 Å². The summed E-state index contributed by atoms with van der Waals surface area (Å²) in [5.74, 6) is -0.457. The van der Waals surface area contributed by atoms with Gasteiger partial charge in [0.2, 0.25) is 5.91 Å². The number of aromatic nitrogens is 2. The van der Waals surface area contributed by atoms with Crippen molar-refractivity contribution in [3.05, 3.63) is 70.4 Å². The van der Waals surface area contributed by atoms with Crippen LogP contribution in [0.2, 0.25) is 0 Å². The van der Waals surface area contributed by atoms with Gasteiger partial charge < -0.3 is 10.3 Å². The molecule has 2 N–H and O–H groups in total. The predicted molar refractivity (Wildman–Crippen MR) is 90.3 cm³/mol. The maximum atomic E-state index is 13.5. The second-order valence-electron chi connectivity index (χ2n) is 5.54. The second-order valence-corrected chi connectivity index (χ2v) is 5.54. The molecular formula is C18H18FN3O2. The molecule has 0 fully saturated rings. The van der Waals surface area contributed by atoms with Gasteiger partial charge in [0, 0.05) is 19.5 Å². The van der Waals surface area contributed by atoms with E-state index < -0.39 is 0 Å². The smallest absolute Gasteiger partial charge is 0.326 e. The van der Waals surface area contributed by atoms with Crippen LogP contribution in [-0.4, -0.2) is 22.0 Å². The number of benzene rings is 2. The molecule has 1 aromatic heterocycles. The van der Waals surface area contributed by atoms with E-state index in [4.69, 9.17) is 0 Å². The van der Waals surface area contributed by atoms with Crippen molar-refractivity contribution in [2.75, 3.05) is 6.54 Å². The SMILES string of the molecule is O=C(CCc1ccccc1F)NCCn1c(=O)[nH]c2ccccc21. The van der Waals surface area contributed by atoms with E-state index in [1.54, 1.807) is 22.8 Å². The van der Waals surface area contributed by atoms with Gasteiger partial charge in [0.05, 0.1) is 11.0 Å². The predicted octanol–water partition coefficient (Wildman–Crippen LogP) is 2.22. The lowest BCUT2D eigenvalue weighted by atomic mass is 10.1.